The highest BCUT2D eigenvalue weighted by Gasteiger charge is 2.24. The van der Waals surface area contributed by atoms with Crippen LogP contribution in [0.25, 0.3) is 0 Å². The van der Waals surface area contributed by atoms with Crippen molar-refractivity contribution >= 4 is 11.8 Å². The number of hydrogen-bond acceptors (Lipinski definition) is 2. The third-order valence-electron chi connectivity index (χ3n) is 6.19. The van der Waals surface area contributed by atoms with Crippen LogP contribution in [0.3, 0.4) is 0 Å². The van der Waals surface area contributed by atoms with Gasteiger partial charge in [-0.2, -0.15) is 0 Å². The molecule has 2 aliphatic heterocycles. The minimum Gasteiger partial charge on any atom is -0.343 e. The van der Waals surface area contributed by atoms with Crippen molar-refractivity contribution in [2.75, 3.05) is 26.2 Å². The van der Waals surface area contributed by atoms with Crippen LogP contribution < -0.4 is 0 Å². The molecule has 0 radical (unpaired) electrons. The largest absolute Gasteiger partial charge is 0.343 e. The van der Waals surface area contributed by atoms with Crippen molar-refractivity contribution in [3.05, 3.63) is 35.4 Å². The molecule has 0 spiro atoms. The first kappa shape index (κ1) is 19.9. The molecule has 2 heterocycles. The molecule has 4 heteroatoms. The minimum atomic E-state index is 0.267. The summed E-state index contributed by atoms with van der Waals surface area (Å²) < 4.78 is 0. The number of rotatable bonds is 7. The van der Waals surface area contributed by atoms with E-state index < -0.39 is 0 Å². The quantitative estimate of drug-likeness (QED) is 0.729. The monoisotopic (exact) mass is 370 g/mol. The van der Waals surface area contributed by atoms with E-state index in [-0.39, 0.29) is 11.8 Å². The Labute approximate surface area is 163 Å². The zero-order valence-corrected chi connectivity index (χ0v) is 16.8. The Bertz CT molecular complexity index is 643. The lowest BCUT2D eigenvalue weighted by Gasteiger charge is -2.33. The van der Waals surface area contributed by atoms with Crippen LogP contribution in [0.4, 0.5) is 0 Å². The fourth-order valence-corrected chi connectivity index (χ4v) is 4.45. The topological polar surface area (TPSA) is 40.6 Å². The van der Waals surface area contributed by atoms with Gasteiger partial charge in [0, 0.05) is 39.0 Å². The van der Waals surface area contributed by atoms with Gasteiger partial charge in [0.2, 0.25) is 11.8 Å². The second-order valence-electron chi connectivity index (χ2n) is 8.25. The normalized spacial score (nSPS) is 20.8. The summed E-state index contributed by atoms with van der Waals surface area (Å²) in [6.45, 7) is 5.61. The van der Waals surface area contributed by atoms with Crippen LogP contribution in [-0.4, -0.2) is 47.8 Å². The SMILES string of the molecule is Cc1ccccc1CCC1CCCN(C(=O)CCCN2CCCCC2=O)C1. The summed E-state index contributed by atoms with van der Waals surface area (Å²) in [6, 6.07) is 8.62. The van der Waals surface area contributed by atoms with E-state index in [1.165, 1.54) is 17.5 Å². The molecular formula is C23H34N2O2. The highest BCUT2D eigenvalue weighted by molar-refractivity contribution is 5.77. The molecule has 0 bridgehead atoms. The maximum atomic E-state index is 12.6. The molecule has 148 valence electrons. The van der Waals surface area contributed by atoms with E-state index in [9.17, 15) is 9.59 Å². The Hall–Kier alpha value is -1.84. The minimum absolute atomic E-state index is 0.267. The predicted molar refractivity (Wildman–Crippen MR) is 108 cm³/mol. The fourth-order valence-electron chi connectivity index (χ4n) is 4.45. The first-order valence-electron chi connectivity index (χ1n) is 10.7. The van der Waals surface area contributed by atoms with E-state index in [1.807, 2.05) is 4.90 Å². The van der Waals surface area contributed by atoms with Crippen molar-refractivity contribution in [3.8, 4) is 0 Å². The van der Waals surface area contributed by atoms with Gasteiger partial charge in [-0.3, -0.25) is 9.59 Å². The van der Waals surface area contributed by atoms with Crippen molar-refractivity contribution in [3.63, 3.8) is 0 Å². The second-order valence-corrected chi connectivity index (χ2v) is 8.25. The Morgan fingerprint density at radius 3 is 2.81 bits per heavy atom. The molecular weight excluding hydrogens is 336 g/mol. The number of hydrogen-bond donors (Lipinski definition) is 0. The Morgan fingerprint density at radius 2 is 2.00 bits per heavy atom. The van der Waals surface area contributed by atoms with Gasteiger partial charge >= 0.3 is 0 Å². The Morgan fingerprint density at radius 1 is 1.15 bits per heavy atom. The number of nitrogens with zero attached hydrogens (tertiary/aromatic N) is 2. The van der Waals surface area contributed by atoms with Crippen LogP contribution in [-0.2, 0) is 16.0 Å². The van der Waals surface area contributed by atoms with Crippen LogP contribution in [0.15, 0.2) is 24.3 Å². The lowest BCUT2D eigenvalue weighted by molar-refractivity contribution is -0.136. The lowest BCUT2D eigenvalue weighted by Crippen LogP contribution is -2.41. The maximum absolute atomic E-state index is 12.6. The van der Waals surface area contributed by atoms with E-state index in [0.717, 1.165) is 64.7 Å². The standard InChI is InChI=1S/C23H34N2O2/c1-19-8-2-3-10-21(19)14-13-20-9-6-17-25(18-20)23(27)12-7-16-24-15-5-4-11-22(24)26/h2-3,8,10,20H,4-7,9,11-18H2,1H3. The molecule has 1 aromatic rings. The highest BCUT2D eigenvalue weighted by Crippen LogP contribution is 2.23. The predicted octanol–water partition coefficient (Wildman–Crippen LogP) is 3.96. The average molecular weight is 371 g/mol. The number of carbonyl (C=O) groups is 2. The molecule has 2 amide bonds. The van der Waals surface area contributed by atoms with Crippen molar-refractivity contribution < 1.29 is 9.59 Å². The summed E-state index contributed by atoms with van der Waals surface area (Å²) in [5.74, 6) is 1.16. The summed E-state index contributed by atoms with van der Waals surface area (Å²) in [7, 11) is 0. The number of aryl methyl sites for hydroxylation is 2. The third kappa shape index (κ3) is 5.82. The van der Waals surface area contributed by atoms with Crippen LogP contribution in [0, 0.1) is 12.8 Å². The van der Waals surface area contributed by atoms with Gasteiger partial charge in [-0.1, -0.05) is 24.3 Å². The molecule has 3 rings (SSSR count). The Kier molecular flexibility index (Phi) is 7.31. The van der Waals surface area contributed by atoms with Gasteiger partial charge < -0.3 is 9.80 Å². The number of carbonyl (C=O) groups excluding carboxylic acids is 2. The molecule has 0 aliphatic carbocycles. The van der Waals surface area contributed by atoms with E-state index in [0.29, 0.717) is 18.8 Å². The molecule has 0 N–H and O–H groups in total. The molecule has 0 saturated carbocycles. The van der Waals surface area contributed by atoms with Crippen LogP contribution in [0.2, 0.25) is 0 Å². The van der Waals surface area contributed by atoms with Gasteiger partial charge in [-0.25, -0.2) is 0 Å². The molecule has 1 atom stereocenters. The van der Waals surface area contributed by atoms with Gasteiger partial charge in [0.1, 0.15) is 0 Å². The summed E-state index contributed by atoms with van der Waals surface area (Å²) in [5, 5.41) is 0. The lowest BCUT2D eigenvalue weighted by atomic mass is 9.90. The van der Waals surface area contributed by atoms with E-state index >= 15 is 0 Å². The van der Waals surface area contributed by atoms with Crippen molar-refractivity contribution in [1.82, 2.24) is 9.80 Å². The first-order chi connectivity index (χ1) is 13.1. The molecule has 0 aromatic heterocycles. The second kappa shape index (κ2) is 9.91. The van der Waals surface area contributed by atoms with Crippen molar-refractivity contribution in [1.29, 1.82) is 0 Å². The first-order valence-corrected chi connectivity index (χ1v) is 10.7. The zero-order valence-electron chi connectivity index (χ0n) is 16.8. The van der Waals surface area contributed by atoms with E-state index in [4.69, 9.17) is 0 Å². The smallest absolute Gasteiger partial charge is 0.222 e. The van der Waals surface area contributed by atoms with Crippen LogP contribution in [0.5, 0.6) is 0 Å². The van der Waals surface area contributed by atoms with E-state index in [1.54, 1.807) is 0 Å². The maximum Gasteiger partial charge on any atom is 0.222 e. The molecule has 27 heavy (non-hydrogen) atoms. The number of benzene rings is 1. The van der Waals surface area contributed by atoms with Crippen molar-refractivity contribution in [2.24, 2.45) is 5.92 Å². The summed E-state index contributed by atoms with van der Waals surface area (Å²) >= 11 is 0. The number of likely N-dealkylation sites (tertiary alicyclic amines) is 2. The van der Waals surface area contributed by atoms with Crippen LogP contribution >= 0.6 is 0 Å². The molecule has 1 aromatic carbocycles. The summed E-state index contributed by atoms with van der Waals surface area (Å²) in [4.78, 5) is 28.5. The summed E-state index contributed by atoms with van der Waals surface area (Å²) in [6.07, 6.45) is 8.81. The number of amides is 2. The van der Waals surface area contributed by atoms with Gasteiger partial charge in [0.25, 0.3) is 0 Å². The van der Waals surface area contributed by atoms with Gasteiger partial charge in [0.05, 0.1) is 0 Å². The molecule has 1 unspecified atom stereocenters. The molecule has 2 fully saturated rings. The van der Waals surface area contributed by atoms with Gasteiger partial charge in [0.15, 0.2) is 0 Å². The molecule has 2 saturated heterocycles. The van der Waals surface area contributed by atoms with Gasteiger partial charge in [-0.05, 0) is 68.9 Å². The molecule has 4 nitrogen and oxygen atoms in total. The molecule has 2 aliphatic rings. The van der Waals surface area contributed by atoms with E-state index in [2.05, 4.69) is 36.1 Å². The zero-order chi connectivity index (χ0) is 19.1. The Balaban J connectivity index is 1.39. The summed E-state index contributed by atoms with van der Waals surface area (Å²) in [5.41, 5.74) is 2.81. The van der Waals surface area contributed by atoms with Gasteiger partial charge in [-0.15, -0.1) is 0 Å². The number of piperidine rings is 2. The van der Waals surface area contributed by atoms with Crippen LogP contribution in [0.1, 0.15) is 62.5 Å². The highest BCUT2D eigenvalue weighted by atomic mass is 16.2. The van der Waals surface area contributed by atoms with Crippen molar-refractivity contribution in [2.45, 2.75) is 64.7 Å². The third-order valence-corrected chi connectivity index (χ3v) is 6.19. The average Bonchev–Trinajstić information content (AvgIpc) is 2.69. The fraction of sp³-hybridized carbons (Fsp3) is 0.652.